The van der Waals surface area contributed by atoms with Crippen molar-refractivity contribution in [3.05, 3.63) is 111 Å². The lowest BCUT2D eigenvalue weighted by molar-refractivity contribution is -0.0889. The number of hydrogen-bond acceptors (Lipinski definition) is 5. The molecular weight excluding hydrogens is 521 g/mol. The molecule has 1 saturated carbocycles. The first-order valence-electron chi connectivity index (χ1n) is 12.9. The molecule has 202 valence electrons. The van der Waals surface area contributed by atoms with Crippen LogP contribution in [0.15, 0.2) is 70.0 Å². The Balaban J connectivity index is 1.33. The number of nitrogens with one attached hydrogen (secondary N) is 1. The summed E-state index contributed by atoms with van der Waals surface area (Å²) in [6, 6.07) is 17.9. The van der Waals surface area contributed by atoms with Crippen LogP contribution in [0, 0.1) is 5.82 Å². The van der Waals surface area contributed by atoms with Crippen molar-refractivity contribution >= 4 is 22.2 Å². The molecule has 0 unspecified atom stereocenters. The number of aromatic amines is 1. The van der Waals surface area contributed by atoms with Crippen molar-refractivity contribution in [1.29, 1.82) is 0 Å². The standard InChI is InChI=1S/C30H23F3N4O3/c1-16(27-35-29(38)40-36-27)26-21-8-6-17(10-18(21)15-39-25-11-20(31)7-9-22(25)26)14-37-24-5-3-2-4-23(24)34-28(37)19-12-30(32,33)13-19/h2-11,19H,12-15H2,1H3,(H,35,36,38). The normalized spacial score (nSPS) is 17.5. The van der Waals surface area contributed by atoms with E-state index < -0.39 is 17.5 Å². The van der Waals surface area contributed by atoms with Gasteiger partial charge in [-0.15, -0.1) is 0 Å². The maximum Gasteiger partial charge on any atom is 0.439 e. The van der Waals surface area contributed by atoms with Crippen molar-refractivity contribution in [3.8, 4) is 5.75 Å². The number of alkyl halides is 2. The Kier molecular flexibility index (Phi) is 5.48. The number of ether oxygens (including phenoxy) is 1. The van der Waals surface area contributed by atoms with Gasteiger partial charge >= 0.3 is 5.76 Å². The second-order valence-electron chi connectivity index (χ2n) is 10.4. The van der Waals surface area contributed by atoms with Crippen molar-refractivity contribution in [1.82, 2.24) is 19.7 Å². The van der Waals surface area contributed by atoms with Crippen LogP contribution < -0.4 is 10.5 Å². The third-order valence-electron chi connectivity index (χ3n) is 7.69. The number of halogens is 3. The fraction of sp³-hybridized carbons (Fsp3) is 0.233. The molecule has 0 saturated heterocycles. The van der Waals surface area contributed by atoms with E-state index in [0.717, 1.165) is 33.3 Å². The van der Waals surface area contributed by atoms with Crippen LogP contribution in [-0.2, 0) is 13.2 Å². The minimum Gasteiger partial charge on any atom is -0.488 e. The summed E-state index contributed by atoms with van der Waals surface area (Å²) in [5.41, 5.74) is 6.28. The average molecular weight is 545 g/mol. The second-order valence-corrected chi connectivity index (χ2v) is 10.4. The maximum absolute atomic E-state index is 14.2. The van der Waals surface area contributed by atoms with Crippen LogP contribution in [-0.4, -0.2) is 25.6 Å². The lowest BCUT2D eigenvalue weighted by atomic mass is 9.80. The van der Waals surface area contributed by atoms with Crippen LogP contribution in [0.4, 0.5) is 13.2 Å². The van der Waals surface area contributed by atoms with E-state index >= 15 is 0 Å². The number of fused-ring (bicyclic) bond motifs is 3. The molecule has 5 aromatic rings. The molecule has 2 aliphatic rings. The van der Waals surface area contributed by atoms with Crippen LogP contribution >= 0.6 is 0 Å². The number of aromatic nitrogens is 4. The summed E-state index contributed by atoms with van der Waals surface area (Å²) in [6.07, 6.45) is -0.415. The molecule has 3 aromatic carbocycles. The summed E-state index contributed by atoms with van der Waals surface area (Å²) in [6.45, 7) is 2.41. The Morgan fingerprint density at radius 1 is 1.10 bits per heavy atom. The molecule has 0 amide bonds. The van der Waals surface area contributed by atoms with E-state index in [1.807, 2.05) is 47.0 Å². The zero-order valence-corrected chi connectivity index (χ0v) is 21.4. The molecule has 0 spiro atoms. The minimum absolute atomic E-state index is 0.179. The van der Waals surface area contributed by atoms with Gasteiger partial charge in [-0.05, 0) is 59.5 Å². The first-order chi connectivity index (χ1) is 19.3. The van der Waals surface area contributed by atoms with Crippen LogP contribution in [0.25, 0.3) is 22.2 Å². The topological polar surface area (TPSA) is 85.9 Å². The predicted molar refractivity (Wildman–Crippen MR) is 142 cm³/mol. The van der Waals surface area contributed by atoms with Gasteiger partial charge in [0.15, 0.2) is 5.82 Å². The summed E-state index contributed by atoms with van der Waals surface area (Å²) in [7, 11) is 0. The Labute approximate surface area is 225 Å². The summed E-state index contributed by atoms with van der Waals surface area (Å²) in [5.74, 6) is -2.78. The number of benzene rings is 3. The molecule has 1 aliphatic carbocycles. The highest BCUT2D eigenvalue weighted by Crippen LogP contribution is 2.48. The lowest BCUT2D eigenvalue weighted by Gasteiger charge is -2.34. The molecule has 0 bridgehead atoms. The molecule has 7 nitrogen and oxygen atoms in total. The molecule has 1 aliphatic heterocycles. The van der Waals surface area contributed by atoms with Gasteiger partial charge in [-0.3, -0.25) is 9.51 Å². The second kappa shape index (κ2) is 8.97. The van der Waals surface area contributed by atoms with Gasteiger partial charge in [0.2, 0.25) is 5.92 Å². The molecule has 7 rings (SSSR count). The lowest BCUT2D eigenvalue weighted by Crippen LogP contribution is -2.35. The quantitative estimate of drug-likeness (QED) is 0.288. The van der Waals surface area contributed by atoms with Crippen molar-refractivity contribution < 1.29 is 22.4 Å². The van der Waals surface area contributed by atoms with E-state index in [2.05, 4.69) is 10.1 Å². The summed E-state index contributed by atoms with van der Waals surface area (Å²) < 4.78 is 54.5. The van der Waals surface area contributed by atoms with Crippen LogP contribution in [0.1, 0.15) is 59.6 Å². The number of rotatable bonds is 4. The van der Waals surface area contributed by atoms with E-state index in [1.54, 1.807) is 13.0 Å². The van der Waals surface area contributed by atoms with E-state index in [4.69, 9.17) is 14.2 Å². The van der Waals surface area contributed by atoms with Crippen molar-refractivity contribution in [2.45, 2.75) is 44.8 Å². The van der Waals surface area contributed by atoms with Crippen molar-refractivity contribution in [2.75, 3.05) is 0 Å². The summed E-state index contributed by atoms with van der Waals surface area (Å²) >= 11 is 0. The van der Waals surface area contributed by atoms with E-state index in [9.17, 15) is 18.0 Å². The third kappa shape index (κ3) is 4.11. The highest BCUT2D eigenvalue weighted by molar-refractivity contribution is 5.99. The number of H-pyrrole nitrogens is 1. The Morgan fingerprint density at radius 2 is 1.90 bits per heavy atom. The minimum atomic E-state index is -2.65. The van der Waals surface area contributed by atoms with Crippen molar-refractivity contribution in [3.63, 3.8) is 0 Å². The number of hydrogen-bond donors (Lipinski definition) is 1. The summed E-state index contributed by atoms with van der Waals surface area (Å²) in [5, 5.41) is 3.85. The number of nitrogens with zero attached hydrogens (tertiary/aromatic N) is 3. The Morgan fingerprint density at radius 3 is 2.67 bits per heavy atom. The van der Waals surface area contributed by atoms with Crippen LogP contribution in [0.5, 0.6) is 5.75 Å². The maximum atomic E-state index is 14.2. The zero-order chi connectivity index (χ0) is 27.6. The number of imidazole rings is 1. The van der Waals surface area contributed by atoms with E-state index in [0.29, 0.717) is 29.3 Å². The molecule has 1 fully saturated rings. The number of allylic oxidation sites excluding steroid dienone is 1. The van der Waals surface area contributed by atoms with Gasteiger partial charge < -0.3 is 9.30 Å². The first kappa shape index (κ1) is 24.4. The van der Waals surface area contributed by atoms with Gasteiger partial charge in [-0.1, -0.05) is 29.4 Å². The number of para-hydroxylation sites is 2. The molecule has 0 radical (unpaired) electrons. The molecule has 3 heterocycles. The smallest absolute Gasteiger partial charge is 0.439 e. The highest BCUT2D eigenvalue weighted by atomic mass is 19.3. The monoisotopic (exact) mass is 544 g/mol. The van der Waals surface area contributed by atoms with E-state index in [-0.39, 0.29) is 31.2 Å². The zero-order valence-electron chi connectivity index (χ0n) is 21.4. The van der Waals surface area contributed by atoms with Crippen molar-refractivity contribution in [2.24, 2.45) is 0 Å². The molecule has 40 heavy (non-hydrogen) atoms. The van der Waals surface area contributed by atoms with Gasteiger partial charge in [0.05, 0.1) is 11.0 Å². The molecular formula is C30H23F3N4O3. The molecule has 10 heteroatoms. The highest BCUT2D eigenvalue weighted by Gasteiger charge is 2.48. The van der Waals surface area contributed by atoms with Crippen LogP contribution in [0.2, 0.25) is 0 Å². The first-order valence-corrected chi connectivity index (χ1v) is 12.9. The van der Waals surface area contributed by atoms with Gasteiger partial charge in [0.25, 0.3) is 0 Å². The van der Waals surface area contributed by atoms with Gasteiger partial charge in [-0.2, -0.15) is 0 Å². The fourth-order valence-electron chi connectivity index (χ4n) is 5.74. The van der Waals surface area contributed by atoms with Crippen LogP contribution in [0.3, 0.4) is 0 Å². The fourth-order valence-corrected chi connectivity index (χ4v) is 5.74. The molecule has 1 N–H and O–H groups in total. The Bertz CT molecular complexity index is 1880. The Hall–Kier alpha value is -4.60. The average Bonchev–Trinajstić information content (AvgIpc) is 3.47. The van der Waals surface area contributed by atoms with Gasteiger partial charge in [-0.25, -0.2) is 22.9 Å². The van der Waals surface area contributed by atoms with E-state index in [1.165, 1.54) is 12.1 Å². The van der Waals surface area contributed by atoms with Gasteiger partial charge in [0, 0.05) is 42.5 Å². The third-order valence-corrected chi connectivity index (χ3v) is 7.69. The predicted octanol–water partition coefficient (Wildman–Crippen LogP) is 6.28. The van der Waals surface area contributed by atoms with Gasteiger partial charge in [0.1, 0.15) is 24.0 Å². The summed E-state index contributed by atoms with van der Waals surface area (Å²) in [4.78, 5) is 19.0. The molecule has 2 aromatic heterocycles. The largest absolute Gasteiger partial charge is 0.488 e. The SMILES string of the molecule is CC(=C1c2ccc(Cn3c(C4CC(F)(F)C4)nc4ccccc43)cc2COc2cc(F)ccc21)c1noc(=O)[nH]1. The molecule has 0 atom stereocenters.